The third-order valence-corrected chi connectivity index (χ3v) is 2.77. The monoisotopic (exact) mass is 280 g/mol. The largest absolute Gasteiger partial charge is 0.480 e. The van der Waals surface area contributed by atoms with Crippen molar-refractivity contribution in [2.75, 3.05) is 0 Å². The number of hydrogen-bond acceptors (Lipinski definition) is 3. The lowest BCUT2D eigenvalue weighted by Gasteiger charge is -2.15. The van der Waals surface area contributed by atoms with Gasteiger partial charge in [0.2, 0.25) is 0 Å². The number of rotatable bonds is 5. The molecule has 19 heavy (non-hydrogen) atoms. The highest BCUT2D eigenvalue weighted by molar-refractivity contribution is 6.30. The maximum Gasteiger partial charge on any atom is 0.326 e. The zero-order valence-corrected chi connectivity index (χ0v) is 11.0. The number of hydrogen-bond donors (Lipinski definition) is 2. The van der Waals surface area contributed by atoms with E-state index in [1.807, 2.05) is 6.07 Å². The Kier molecular flexibility index (Phi) is 5.34. The average Bonchev–Trinajstić information content (AvgIpc) is 2.38. The molecule has 1 rings (SSSR count). The second-order valence-corrected chi connectivity index (χ2v) is 4.57. The van der Waals surface area contributed by atoms with Crippen LogP contribution in [-0.2, 0) is 4.79 Å². The summed E-state index contributed by atoms with van der Waals surface area (Å²) in [5.74, 6) is -2.12. The molecule has 0 aliphatic carbocycles. The summed E-state index contributed by atoms with van der Waals surface area (Å²) in [5.41, 5.74) is 0.320. The fourth-order valence-electron chi connectivity index (χ4n) is 1.47. The maximum atomic E-state index is 11.8. The summed E-state index contributed by atoms with van der Waals surface area (Å²) < 4.78 is 0. The van der Waals surface area contributed by atoms with Crippen LogP contribution in [0.15, 0.2) is 24.3 Å². The molecule has 1 aromatic rings. The number of carbonyl (C=O) groups excluding carboxylic acids is 1. The molecule has 2 atom stereocenters. The minimum atomic E-state index is -1.16. The van der Waals surface area contributed by atoms with E-state index in [9.17, 15) is 9.59 Å². The third-order valence-electron chi connectivity index (χ3n) is 2.52. The van der Waals surface area contributed by atoms with Crippen molar-refractivity contribution in [1.82, 2.24) is 5.32 Å². The van der Waals surface area contributed by atoms with Gasteiger partial charge in [0.1, 0.15) is 6.04 Å². The van der Waals surface area contributed by atoms with Gasteiger partial charge in [-0.3, -0.25) is 4.79 Å². The van der Waals surface area contributed by atoms with Crippen molar-refractivity contribution in [3.63, 3.8) is 0 Å². The first-order chi connectivity index (χ1) is 8.93. The van der Waals surface area contributed by atoms with Crippen molar-refractivity contribution in [2.45, 2.75) is 19.4 Å². The summed E-state index contributed by atoms with van der Waals surface area (Å²) in [6.45, 7) is 1.60. The molecule has 6 heteroatoms. The molecule has 0 bridgehead atoms. The smallest absolute Gasteiger partial charge is 0.326 e. The van der Waals surface area contributed by atoms with Crippen molar-refractivity contribution < 1.29 is 14.7 Å². The first kappa shape index (κ1) is 15.0. The molecule has 5 nitrogen and oxygen atoms in total. The molecule has 0 aromatic heterocycles. The summed E-state index contributed by atoms with van der Waals surface area (Å²) in [6, 6.07) is 6.95. The van der Waals surface area contributed by atoms with Crippen molar-refractivity contribution >= 4 is 23.5 Å². The van der Waals surface area contributed by atoms with Crippen LogP contribution in [0.4, 0.5) is 0 Å². The Labute approximate surface area is 115 Å². The number of carboxylic acid groups (broad SMARTS) is 1. The summed E-state index contributed by atoms with van der Waals surface area (Å²) in [7, 11) is 0. The molecule has 0 saturated heterocycles. The number of nitrogens with zero attached hydrogens (tertiary/aromatic N) is 1. The topological polar surface area (TPSA) is 90.2 Å². The van der Waals surface area contributed by atoms with E-state index in [1.165, 1.54) is 12.1 Å². The number of aliphatic carboxylic acids is 1. The molecular formula is C13H13ClN2O3. The lowest BCUT2D eigenvalue weighted by atomic mass is 10.0. The Morgan fingerprint density at radius 2 is 2.00 bits per heavy atom. The van der Waals surface area contributed by atoms with E-state index in [1.54, 1.807) is 19.1 Å². The number of carboxylic acids is 1. The summed E-state index contributed by atoms with van der Waals surface area (Å²) in [5, 5.41) is 20.6. The second kappa shape index (κ2) is 6.76. The Bertz CT molecular complexity index is 508. The van der Waals surface area contributed by atoms with E-state index in [-0.39, 0.29) is 6.42 Å². The zero-order valence-electron chi connectivity index (χ0n) is 10.3. The summed E-state index contributed by atoms with van der Waals surface area (Å²) in [6.07, 6.45) is 0.0607. The first-order valence-electron chi connectivity index (χ1n) is 5.63. The summed E-state index contributed by atoms with van der Waals surface area (Å²) in [4.78, 5) is 22.9. The predicted octanol–water partition coefficient (Wildman–Crippen LogP) is 2.07. The van der Waals surface area contributed by atoms with Gasteiger partial charge in [-0.05, 0) is 37.6 Å². The number of nitriles is 1. The molecule has 0 unspecified atom stereocenters. The lowest BCUT2D eigenvalue weighted by Crippen LogP contribution is -2.41. The standard InChI is InChI=1S/C13H13ClN2O3/c1-8(7-15)6-11(13(18)19)16-12(17)9-2-4-10(14)5-3-9/h2-5,8,11H,6H2,1H3,(H,16,17)(H,18,19)/t8-,11+/m0/s1. The van der Waals surface area contributed by atoms with E-state index < -0.39 is 23.8 Å². The molecule has 1 aromatic carbocycles. The normalized spacial score (nSPS) is 13.1. The fraction of sp³-hybridized carbons (Fsp3) is 0.308. The lowest BCUT2D eigenvalue weighted by molar-refractivity contribution is -0.139. The summed E-state index contributed by atoms with van der Waals surface area (Å²) >= 11 is 5.70. The highest BCUT2D eigenvalue weighted by Crippen LogP contribution is 2.11. The van der Waals surface area contributed by atoms with Gasteiger partial charge in [0, 0.05) is 16.5 Å². The highest BCUT2D eigenvalue weighted by Gasteiger charge is 2.22. The van der Waals surface area contributed by atoms with Gasteiger partial charge < -0.3 is 10.4 Å². The van der Waals surface area contributed by atoms with Crippen LogP contribution >= 0.6 is 11.6 Å². The van der Waals surface area contributed by atoms with E-state index in [0.29, 0.717) is 10.6 Å². The molecule has 0 fully saturated rings. The van der Waals surface area contributed by atoms with E-state index in [2.05, 4.69) is 5.32 Å². The molecule has 2 N–H and O–H groups in total. The number of carbonyl (C=O) groups is 2. The van der Waals surface area contributed by atoms with Gasteiger partial charge in [-0.2, -0.15) is 5.26 Å². The Morgan fingerprint density at radius 1 is 1.42 bits per heavy atom. The molecule has 0 radical (unpaired) electrons. The van der Waals surface area contributed by atoms with Crippen molar-refractivity contribution in [1.29, 1.82) is 5.26 Å². The van der Waals surface area contributed by atoms with Gasteiger partial charge in [0.15, 0.2) is 0 Å². The number of halogens is 1. The van der Waals surface area contributed by atoms with Gasteiger partial charge >= 0.3 is 5.97 Å². The number of nitrogens with one attached hydrogen (secondary N) is 1. The van der Waals surface area contributed by atoms with Crippen LogP contribution in [0.1, 0.15) is 23.7 Å². The van der Waals surface area contributed by atoms with Crippen LogP contribution in [0.2, 0.25) is 5.02 Å². The zero-order chi connectivity index (χ0) is 14.4. The number of amides is 1. The molecule has 0 aliphatic heterocycles. The highest BCUT2D eigenvalue weighted by atomic mass is 35.5. The van der Waals surface area contributed by atoms with E-state index >= 15 is 0 Å². The van der Waals surface area contributed by atoms with Crippen LogP contribution in [0.3, 0.4) is 0 Å². The average molecular weight is 281 g/mol. The quantitative estimate of drug-likeness (QED) is 0.864. The van der Waals surface area contributed by atoms with Gasteiger partial charge in [-0.15, -0.1) is 0 Å². The fourth-order valence-corrected chi connectivity index (χ4v) is 1.60. The third kappa shape index (κ3) is 4.60. The van der Waals surface area contributed by atoms with Gasteiger partial charge in [0.05, 0.1) is 6.07 Å². The van der Waals surface area contributed by atoms with E-state index in [4.69, 9.17) is 22.0 Å². The van der Waals surface area contributed by atoms with Crippen molar-refractivity contribution in [3.8, 4) is 6.07 Å². The first-order valence-corrected chi connectivity index (χ1v) is 6.00. The molecular weight excluding hydrogens is 268 g/mol. The van der Waals surface area contributed by atoms with Gasteiger partial charge in [-0.1, -0.05) is 11.6 Å². The Balaban J connectivity index is 2.74. The SMILES string of the molecule is C[C@H](C#N)C[C@@H](NC(=O)c1ccc(Cl)cc1)C(=O)O. The predicted molar refractivity (Wildman–Crippen MR) is 69.7 cm³/mol. The molecule has 0 heterocycles. The van der Waals surface area contributed by atoms with Crippen LogP contribution in [0, 0.1) is 17.2 Å². The van der Waals surface area contributed by atoms with Crippen molar-refractivity contribution in [2.24, 2.45) is 5.92 Å². The van der Waals surface area contributed by atoms with Gasteiger partial charge in [0.25, 0.3) is 5.91 Å². The maximum absolute atomic E-state index is 11.8. The molecule has 1 amide bonds. The van der Waals surface area contributed by atoms with Crippen LogP contribution in [0.25, 0.3) is 0 Å². The minimum Gasteiger partial charge on any atom is -0.480 e. The Hall–Kier alpha value is -2.06. The molecule has 0 aliphatic rings. The molecule has 0 saturated carbocycles. The molecule has 100 valence electrons. The molecule has 0 spiro atoms. The second-order valence-electron chi connectivity index (χ2n) is 4.14. The van der Waals surface area contributed by atoms with Crippen LogP contribution < -0.4 is 5.32 Å². The van der Waals surface area contributed by atoms with Crippen LogP contribution in [0.5, 0.6) is 0 Å². The Morgan fingerprint density at radius 3 is 2.47 bits per heavy atom. The van der Waals surface area contributed by atoms with Gasteiger partial charge in [-0.25, -0.2) is 4.79 Å². The van der Waals surface area contributed by atoms with Crippen molar-refractivity contribution in [3.05, 3.63) is 34.9 Å². The number of benzene rings is 1. The van der Waals surface area contributed by atoms with E-state index in [0.717, 1.165) is 0 Å². The minimum absolute atomic E-state index is 0.0607. The van der Waals surface area contributed by atoms with Crippen LogP contribution in [-0.4, -0.2) is 23.0 Å².